The van der Waals surface area contributed by atoms with E-state index >= 15 is 0 Å². The summed E-state index contributed by atoms with van der Waals surface area (Å²) >= 11 is 1.99. The van der Waals surface area contributed by atoms with E-state index in [1.807, 2.05) is 22.6 Å². The van der Waals surface area contributed by atoms with Crippen molar-refractivity contribution in [3.63, 3.8) is 0 Å². The maximum atomic E-state index is 13.0. The van der Waals surface area contributed by atoms with Crippen molar-refractivity contribution in [2.75, 3.05) is 0 Å². The smallest absolute Gasteiger partial charge is 0.252 e. The van der Waals surface area contributed by atoms with E-state index in [4.69, 9.17) is 0 Å². The minimum Gasteiger partial charge on any atom is -0.347 e. The molecular formula is C13H15FINO. The van der Waals surface area contributed by atoms with Gasteiger partial charge in [0.1, 0.15) is 5.82 Å². The molecule has 1 amide bonds. The van der Waals surface area contributed by atoms with Crippen LogP contribution >= 0.6 is 22.6 Å². The summed E-state index contributed by atoms with van der Waals surface area (Å²) in [6.07, 6.45) is 4.23. The first kappa shape index (κ1) is 12.8. The van der Waals surface area contributed by atoms with Crippen LogP contribution < -0.4 is 5.32 Å². The molecule has 1 aromatic rings. The summed E-state index contributed by atoms with van der Waals surface area (Å²) in [4.78, 5) is 12.1. The van der Waals surface area contributed by atoms with Crippen LogP contribution in [-0.4, -0.2) is 11.4 Å². The van der Waals surface area contributed by atoms with Crippen molar-refractivity contribution in [3.8, 4) is 0 Å². The minimum atomic E-state index is -0.306. The summed E-state index contributed by atoms with van der Waals surface area (Å²) in [7, 11) is 0. The van der Waals surface area contributed by atoms with E-state index in [1.165, 1.54) is 18.6 Å². The molecule has 0 radical (unpaired) electrons. The highest BCUT2D eigenvalue weighted by Gasteiger charge is 2.36. The summed E-state index contributed by atoms with van der Waals surface area (Å²) in [5, 5.41) is 3.09. The van der Waals surface area contributed by atoms with Gasteiger partial charge in [-0.15, -0.1) is 0 Å². The topological polar surface area (TPSA) is 29.1 Å². The fourth-order valence-corrected chi connectivity index (χ4v) is 2.87. The molecule has 4 heteroatoms. The molecule has 17 heavy (non-hydrogen) atoms. The maximum Gasteiger partial charge on any atom is 0.252 e. The third-order valence-corrected chi connectivity index (χ3v) is 4.43. The van der Waals surface area contributed by atoms with Gasteiger partial charge in [0.15, 0.2) is 0 Å². The molecule has 0 unspecified atom stereocenters. The van der Waals surface area contributed by atoms with Crippen LogP contribution in [0.25, 0.3) is 0 Å². The lowest BCUT2D eigenvalue weighted by molar-refractivity contribution is 0.0819. The van der Waals surface area contributed by atoms with Crippen LogP contribution in [0, 0.1) is 9.39 Å². The van der Waals surface area contributed by atoms with Gasteiger partial charge < -0.3 is 5.32 Å². The van der Waals surface area contributed by atoms with Crippen LogP contribution in [0.2, 0.25) is 0 Å². The van der Waals surface area contributed by atoms with Gasteiger partial charge in [0, 0.05) is 9.11 Å². The Balaban J connectivity index is 2.14. The van der Waals surface area contributed by atoms with Gasteiger partial charge in [-0.3, -0.25) is 4.79 Å². The Morgan fingerprint density at radius 2 is 2.24 bits per heavy atom. The number of carbonyl (C=O) groups is 1. The number of nitrogens with one attached hydrogen (secondary N) is 1. The Hall–Kier alpha value is -0.650. The van der Waals surface area contributed by atoms with Gasteiger partial charge in [0.05, 0.1) is 5.56 Å². The minimum absolute atomic E-state index is 0.0193. The van der Waals surface area contributed by atoms with E-state index in [1.54, 1.807) is 6.07 Å². The molecule has 2 nitrogen and oxygen atoms in total. The van der Waals surface area contributed by atoms with E-state index in [9.17, 15) is 9.18 Å². The Kier molecular flexibility index (Phi) is 3.70. The third-order valence-electron chi connectivity index (χ3n) is 3.54. The fourth-order valence-electron chi connectivity index (χ4n) is 2.15. The van der Waals surface area contributed by atoms with E-state index in [0.29, 0.717) is 9.13 Å². The average molecular weight is 347 g/mol. The molecule has 1 aliphatic rings. The van der Waals surface area contributed by atoms with Crippen LogP contribution in [-0.2, 0) is 0 Å². The maximum absolute atomic E-state index is 13.0. The first-order valence-corrected chi connectivity index (χ1v) is 6.92. The molecule has 1 aromatic carbocycles. The van der Waals surface area contributed by atoms with Gasteiger partial charge in [-0.1, -0.05) is 6.92 Å². The van der Waals surface area contributed by atoms with Crippen LogP contribution in [0.3, 0.4) is 0 Å². The highest BCUT2D eigenvalue weighted by Crippen LogP contribution is 2.35. The normalized spacial score (nSPS) is 17.4. The number of benzene rings is 1. The molecule has 0 saturated heterocycles. The summed E-state index contributed by atoms with van der Waals surface area (Å²) in [5.41, 5.74) is 0.542. The van der Waals surface area contributed by atoms with Gasteiger partial charge in [-0.2, -0.15) is 0 Å². The zero-order chi connectivity index (χ0) is 12.5. The molecule has 0 bridgehead atoms. The van der Waals surface area contributed by atoms with Crippen LogP contribution in [0.1, 0.15) is 43.0 Å². The molecule has 1 saturated carbocycles. The van der Waals surface area contributed by atoms with Gasteiger partial charge in [0.2, 0.25) is 0 Å². The quantitative estimate of drug-likeness (QED) is 0.834. The Morgan fingerprint density at radius 3 is 2.71 bits per heavy atom. The molecule has 0 heterocycles. The first-order chi connectivity index (χ1) is 8.06. The standard InChI is InChI=1S/C13H15FINO/c1-2-13(6-3-7-13)16-12(17)10-5-4-9(14)8-11(10)15/h4-5,8H,2-3,6-7H2,1H3,(H,16,17). The largest absolute Gasteiger partial charge is 0.347 e. The number of amides is 1. The SMILES string of the molecule is CCC1(NC(=O)c2ccc(F)cc2I)CCC1. The van der Waals surface area contributed by atoms with Crippen molar-refractivity contribution in [1.29, 1.82) is 0 Å². The van der Waals surface area contributed by atoms with Crippen molar-refractivity contribution in [2.45, 2.75) is 38.1 Å². The lowest BCUT2D eigenvalue weighted by atomic mass is 9.74. The van der Waals surface area contributed by atoms with Gasteiger partial charge in [-0.05, 0) is 66.5 Å². The van der Waals surface area contributed by atoms with Crippen LogP contribution in [0.4, 0.5) is 4.39 Å². The van der Waals surface area contributed by atoms with E-state index < -0.39 is 0 Å². The number of hydrogen-bond donors (Lipinski definition) is 1. The molecule has 1 fully saturated rings. The summed E-state index contributed by atoms with van der Waals surface area (Å²) in [6, 6.07) is 4.26. The second-order valence-electron chi connectivity index (χ2n) is 4.57. The monoisotopic (exact) mass is 347 g/mol. The molecule has 0 aromatic heterocycles. The highest BCUT2D eigenvalue weighted by molar-refractivity contribution is 14.1. The molecule has 0 aliphatic heterocycles. The average Bonchev–Trinajstić information content (AvgIpc) is 2.23. The predicted molar refractivity (Wildman–Crippen MR) is 73.5 cm³/mol. The molecule has 1 aliphatic carbocycles. The number of carbonyl (C=O) groups excluding carboxylic acids is 1. The number of halogens is 2. The molecule has 92 valence electrons. The number of hydrogen-bond acceptors (Lipinski definition) is 1. The van der Waals surface area contributed by atoms with E-state index in [0.717, 1.165) is 19.3 Å². The third kappa shape index (κ3) is 2.61. The molecule has 1 N–H and O–H groups in total. The second kappa shape index (κ2) is 4.92. The summed E-state index contributed by atoms with van der Waals surface area (Å²) in [5.74, 6) is -0.393. The Morgan fingerprint density at radius 1 is 1.53 bits per heavy atom. The molecule has 0 spiro atoms. The van der Waals surface area contributed by atoms with E-state index in [2.05, 4.69) is 12.2 Å². The Bertz CT molecular complexity index is 438. The summed E-state index contributed by atoms with van der Waals surface area (Å²) in [6.45, 7) is 2.09. The van der Waals surface area contributed by atoms with Crippen molar-refractivity contribution in [2.24, 2.45) is 0 Å². The molecular weight excluding hydrogens is 332 g/mol. The van der Waals surface area contributed by atoms with Crippen LogP contribution in [0.5, 0.6) is 0 Å². The van der Waals surface area contributed by atoms with Gasteiger partial charge in [-0.25, -0.2) is 4.39 Å². The molecule has 0 atom stereocenters. The number of rotatable bonds is 3. The summed E-state index contributed by atoms with van der Waals surface area (Å²) < 4.78 is 13.6. The second-order valence-corrected chi connectivity index (χ2v) is 5.73. The van der Waals surface area contributed by atoms with Gasteiger partial charge in [0.25, 0.3) is 5.91 Å². The predicted octanol–water partition coefficient (Wildman–Crippen LogP) is 3.49. The lowest BCUT2D eigenvalue weighted by Gasteiger charge is -2.42. The first-order valence-electron chi connectivity index (χ1n) is 5.84. The zero-order valence-corrected chi connectivity index (χ0v) is 11.9. The fraction of sp³-hybridized carbons (Fsp3) is 0.462. The van der Waals surface area contributed by atoms with Crippen molar-refractivity contribution >= 4 is 28.5 Å². The zero-order valence-electron chi connectivity index (χ0n) is 9.72. The van der Waals surface area contributed by atoms with Crippen molar-refractivity contribution in [1.82, 2.24) is 5.32 Å². The van der Waals surface area contributed by atoms with Crippen LogP contribution in [0.15, 0.2) is 18.2 Å². The van der Waals surface area contributed by atoms with Crippen molar-refractivity contribution < 1.29 is 9.18 Å². The Labute approximate surface area is 114 Å². The molecule has 2 rings (SSSR count). The van der Waals surface area contributed by atoms with Gasteiger partial charge >= 0.3 is 0 Å². The highest BCUT2D eigenvalue weighted by atomic mass is 127. The van der Waals surface area contributed by atoms with E-state index in [-0.39, 0.29) is 17.3 Å². The van der Waals surface area contributed by atoms with Crippen molar-refractivity contribution in [3.05, 3.63) is 33.1 Å². The lowest BCUT2D eigenvalue weighted by Crippen LogP contribution is -2.53.